The molecule has 1 N–H and O–H groups in total. The molecule has 0 heterocycles. The summed E-state index contributed by atoms with van der Waals surface area (Å²) in [6, 6.07) is 14.1. The Hall–Kier alpha value is -3.20. The van der Waals surface area contributed by atoms with E-state index < -0.39 is 28.4 Å². The zero-order valence-electron chi connectivity index (χ0n) is 13.8. The van der Waals surface area contributed by atoms with Crippen molar-refractivity contribution in [2.45, 2.75) is 0 Å². The molecule has 0 saturated carbocycles. The molecule has 0 bridgehead atoms. The molecule has 1 amide bonds. The minimum absolute atomic E-state index is 0.0763. The number of nitrogens with zero attached hydrogens (tertiary/aromatic N) is 2. The van der Waals surface area contributed by atoms with E-state index in [4.69, 9.17) is 0 Å². The number of carboxylic acids is 1. The van der Waals surface area contributed by atoms with Gasteiger partial charge in [0.05, 0.1) is 24.1 Å². The van der Waals surface area contributed by atoms with Gasteiger partial charge < -0.3 is 9.90 Å². The Balaban J connectivity index is 2.09. The van der Waals surface area contributed by atoms with Crippen molar-refractivity contribution >= 4 is 33.8 Å². The van der Waals surface area contributed by atoms with E-state index in [1.807, 2.05) is 0 Å². The van der Waals surface area contributed by atoms with Crippen LogP contribution in [-0.4, -0.2) is 39.3 Å². The number of sulfonamides is 1. The molecule has 0 aliphatic rings. The molecule has 0 spiro atoms. The third-order valence-electron chi connectivity index (χ3n) is 3.31. The molecule has 0 aromatic heterocycles. The van der Waals surface area contributed by atoms with E-state index in [2.05, 4.69) is 10.5 Å². The van der Waals surface area contributed by atoms with Crippen molar-refractivity contribution in [2.75, 3.05) is 17.1 Å². The van der Waals surface area contributed by atoms with E-state index in [-0.39, 0.29) is 11.1 Å². The summed E-state index contributed by atoms with van der Waals surface area (Å²) in [4.78, 5) is 23.0. The van der Waals surface area contributed by atoms with Crippen LogP contribution in [0.3, 0.4) is 0 Å². The highest BCUT2D eigenvalue weighted by Crippen LogP contribution is 2.16. The van der Waals surface area contributed by atoms with E-state index >= 15 is 0 Å². The number of hydrogen-bond acceptors (Lipinski definition) is 6. The Morgan fingerprint density at radius 2 is 1.73 bits per heavy atom. The van der Waals surface area contributed by atoms with Crippen LogP contribution in [0.5, 0.6) is 0 Å². The average molecular weight is 374 g/mol. The second kappa shape index (κ2) is 8.26. The summed E-state index contributed by atoms with van der Waals surface area (Å²) in [5.41, 5.74) is 2.69. The lowest BCUT2D eigenvalue weighted by Crippen LogP contribution is -2.39. The van der Waals surface area contributed by atoms with Crippen LogP contribution in [0.2, 0.25) is 0 Å². The number of benzene rings is 2. The summed E-state index contributed by atoms with van der Waals surface area (Å²) >= 11 is 0. The third-order valence-corrected chi connectivity index (χ3v) is 4.45. The number of amides is 1. The van der Waals surface area contributed by atoms with Crippen molar-refractivity contribution in [3.05, 3.63) is 65.7 Å². The molecule has 9 heteroatoms. The predicted molar refractivity (Wildman–Crippen MR) is 95.1 cm³/mol. The summed E-state index contributed by atoms with van der Waals surface area (Å²) in [6.45, 7) is -0.470. The van der Waals surface area contributed by atoms with Crippen molar-refractivity contribution in [3.8, 4) is 0 Å². The van der Waals surface area contributed by atoms with Crippen molar-refractivity contribution < 1.29 is 23.1 Å². The monoisotopic (exact) mass is 374 g/mol. The van der Waals surface area contributed by atoms with Crippen molar-refractivity contribution in [2.24, 2.45) is 5.10 Å². The normalized spacial score (nSPS) is 11.3. The maximum Gasteiger partial charge on any atom is 0.260 e. The lowest BCUT2D eigenvalue weighted by atomic mass is 10.1. The first kappa shape index (κ1) is 19.1. The zero-order valence-corrected chi connectivity index (χ0v) is 14.6. The minimum Gasteiger partial charge on any atom is -0.545 e. The van der Waals surface area contributed by atoms with Gasteiger partial charge in [0.25, 0.3) is 5.91 Å². The molecule has 0 fully saturated rings. The molecule has 2 rings (SSSR count). The summed E-state index contributed by atoms with van der Waals surface area (Å²) in [5.74, 6) is -2.05. The van der Waals surface area contributed by atoms with Gasteiger partial charge in [-0.1, -0.05) is 42.5 Å². The van der Waals surface area contributed by atoms with E-state index in [1.165, 1.54) is 18.2 Å². The molecule has 8 nitrogen and oxygen atoms in total. The number of carbonyl (C=O) groups excluding carboxylic acids is 2. The molecule has 0 aliphatic carbocycles. The standard InChI is InChI=1S/C17H17N3O5S/c1-26(24,25)20(14-8-3-2-4-9-14)12-16(21)19-18-11-13-7-5-6-10-15(13)17(22)23/h2-11H,12H2,1H3,(H,19,21)(H,22,23)/p-1/b18-11-. The van der Waals surface area contributed by atoms with Crippen LogP contribution in [0.4, 0.5) is 5.69 Å². The number of para-hydroxylation sites is 1. The van der Waals surface area contributed by atoms with Crippen LogP contribution < -0.4 is 14.8 Å². The first-order chi connectivity index (χ1) is 12.3. The van der Waals surface area contributed by atoms with Crippen LogP contribution in [0.15, 0.2) is 59.7 Å². The Kier molecular flexibility index (Phi) is 6.07. The number of carbonyl (C=O) groups is 2. The van der Waals surface area contributed by atoms with Gasteiger partial charge in [0.1, 0.15) is 6.54 Å². The summed E-state index contributed by atoms with van der Waals surface area (Å²) < 4.78 is 24.8. The second-order valence-corrected chi connectivity index (χ2v) is 7.18. The fourth-order valence-electron chi connectivity index (χ4n) is 2.13. The number of nitrogens with one attached hydrogen (secondary N) is 1. The maximum atomic E-state index is 12.0. The van der Waals surface area contributed by atoms with Gasteiger partial charge in [-0.25, -0.2) is 13.8 Å². The lowest BCUT2D eigenvalue weighted by Gasteiger charge is -2.21. The van der Waals surface area contributed by atoms with Gasteiger partial charge in [0.15, 0.2) is 0 Å². The molecule has 0 atom stereocenters. The fourth-order valence-corrected chi connectivity index (χ4v) is 2.99. The topological polar surface area (TPSA) is 119 Å². The number of rotatable bonds is 7. The number of carboxylic acid groups (broad SMARTS) is 1. The van der Waals surface area contributed by atoms with Crippen LogP contribution in [0.25, 0.3) is 0 Å². The Morgan fingerprint density at radius 1 is 1.12 bits per heavy atom. The van der Waals surface area contributed by atoms with E-state index in [9.17, 15) is 23.1 Å². The van der Waals surface area contributed by atoms with Gasteiger partial charge >= 0.3 is 0 Å². The first-order valence-electron chi connectivity index (χ1n) is 7.44. The van der Waals surface area contributed by atoms with Crippen LogP contribution in [0.1, 0.15) is 15.9 Å². The van der Waals surface area contributed by atoms with E-state index in [0.29, 0.717) is 5.69 Å². The highest BCUT2D eigenvalue weighted by Gasteiger charge is 2.20. The van der Waals surface area contributed by atoms with E-state index in [1.54, 1.807) is 36.4 Å². The predicted octanol–water partition coefficient (Wildman–Crippen LogP) is -0.0336. The Morgan fingerprint density at radius 3 is 2.35 bits per heavy atom. The summed E-state index contributed by atoms with van der Waals surface area (Å²) in [7, 11) is -3.67. The van der Waals surface area contributed by atoms with Crippen LogP contribution in [-0.2, 0) is 14.8 Å². The molecule has 26 heavy (non-hydrogen) atoms. The average Bonchev–Trinajstić information content (AvgIpc) is 2.60. The molecular weight excluding hydrogens is 358 g/mol. The van der Waals surface area contributed by atoms with Crippen molar-refractivity contribution in [1.29, 1.82) is 0 Å². The number of hydrazone groups is 1. The highest BCUT2D eigenvalue weighted by atomic mass is 32.2. The third kappa shape index (κ3) is 5.15. The fraction of sp³-hybridized carbons (Fsp3) is 0.118. The van der Waals surface area contributed by atoms with Crippen molar-refractivity contribution in [3.63, 3.8) is 0 Å². The van der Waals surface area contributed by atoms with Gasteiger partial charge in [-0.15, -0.1) is 0 Å². The number of aromatic carboxylic acids is 1. The van der Waals surface area contributed by atoms with Crippen LogP contribution >= 0.6 is 0 Å². The van der Waals surface area contributed by atoms with E-state index in [0.717, 1.165) is 16.8 Å². The first-order valence-corrected chi connectivity index (χ1v) is 9.29. The lowest BCUT2D eigenvalue weighted by molar-refractivity contribution is -0.255. The second-order valence-electron chi connectivity index (χ2n) is 5.27. The molecule has 0 saturated heterocycles. The maximum absolute atomic E-state index is 12.0. The molecule has 2 aromatic carbocycles. The number of hydrogen-bond donors (Lipinski definition) is 1. The smallest absolute Gasteiger partial charge is 0.260 e. The van der Waals surface area contributed by atoms with Crippen molar-refractivity contribution in [1.82, 2.24) is 5.43 Å². The quantitative estimate of drug-likeness (QED) is 0.539. The SMILES string of the molecule is CS(=O)(=O)N(CC(=O)N/N=C\c1ccccc1C(=O)[O-])c1ccccc1. The molecular formula is C17H16N3O5S-. The van der Waals surface area contributed by atoms with Gasteiger partial charge in [-0.3, -0.25) is 9.10 Å². The molecule has 0 unspecified atom stereocenters. The molecule has 0 aliphatic heterocycles. The van der Waals surface area contributed by atoms with Gasteiger partial charge in [0.2, 0.25) is 10.0 Å². The Labute approximate surface area is 150 Å². The Bertz CT molecular complexity index is 926. The molecule has 136 valence electrons. The van der Waals surface area contributed by atoms with Gasteiger partial charge in [-0.05, 0) is 12.1 Å². The zero-order chi connectivity index (χ0) is 19.2. The minimum atomic E-state index is -3.67. The summed E-state index contributed by atoms with van der Waals surface area (Å²) in [5, 5.41) is 14.7. The van der Waals surface area contributed by atoms with Gasteiger partial charge in [-0.2, -0.15) is 5.10 Å². The molecule has 2 aromatic rings. The highest BCUT2D eigenvalue weighted by molar-refractivity contribution is 7.92. The summed E-state index contributed by atoms with van der Waals surface area (Å²) in [6.07, 6.45) is 2.14. The van der Waals surface area contributed by atoms with Crippen LogP contribution in [0, 0.1) is 0 Å². The molecule has 0 radical (unpaired) electrons. The van der Waals surface area contributed by atoms with Gasteiger partial charge in [0, 0.05) is 11.1 Å². The number of anilines is 1. The largest absolute Gasteiger partial charge is 0.545 e.